The molecule has 0 aliphatic carbocycles. The molecule has 0 fully saturated rings. The van der Waals surface area contributed by atoms with Gasteiger partial charge in [0.05, 0.1) is 12.3 Å². The van der Waals surface area contributed by atoms with E-state index in [1.165, 1.54) is 50.5 Å². The average Bonchev–Trinajstić information content (AvgIpc) is 2.53. The van der Waals surface area contributed by atoms with Gasteiger partial charge in [-0.3, -0.25) is 0 Å². The first-order valence-electron chi connectivity index (χ1n) is 8.73. The molecule has 0 unspecified atom stereocenters. The van der Waals surface area contributed by atoms with Crippen molar-refractivity contribution in [2.24, 2.45) is 4.99 Å². The molecule has 0 atom stereocenters. The van der Waals surface area contributed by atoms with Gasteiger partial charge >= 0.3 is 6.08 Å². The number of hydrogen-bond acceptors (Lipinski definition) is 3. The predicted molar refractivity (Wildman–Crippen MR) is 91.6 cm³/mol. The van der Waals surface area contributed by atoms with Crippen molar-refractivity contribution in [3.63, 3.8) is 0 Å². The minimum Gasteiger partial charge on any atom is -0.450 e. The van der Waals surface area contributed by atoms with Gasteiger partial charge in [-0.1, -0.05) is 69.6 Å². The first-order valence-corrected chi connectivity index (χ1v) is 8.73. The number of hydrogen-bond donors (Lipinski definition) is 0. The van der Waals surface area contributed by atoms with Crippen molar-refractivity contribution in [1.29, 1.82) is 0 Å². The standard InChI is InChI=1S/C19H29NO2/c1-3-4-5-6-7-8-9-10-13-21-19-20-18-12-11-16(2)14-17(18)15-22-19/h11-12,14H,3-10,13,15H2,1-2H3. The van der Waals surface area contributed by atoms with Crippen LogP contribution >= 0.6 is 0 Å². The molecule has 1 aliphatic heterocycles. The second-order valence-corrected chi connectivity index (χ2v) is 6.12. The van der Waals surface area contributed by atoms with E-state index >= 15 is 0 Å². The van der Waals surface area contributed by atoms with Crippen LogP contribution < -0.4 is 0 Å². The lowest BCUT2D eigenvalue weighted by Crippen LogP contribution is -2.14. The van der Waals surface area contributed by atoms with E-state index < -0.39 is 0 Å². The minimum atomic E-state index is 0.430. The highest BCUT2D eigenvalue weighted by Gasteiger charge is 2.13. The van der Waals surface area contributed by atoms with Gasteiger partial charge in [0.15, 0.2) is 0 Å². The fourth-order valence-electron chi connectivity index (χ4n) is 2.68. The van der Waals surface area contributed by atoms with Crippen molar-refractivity contribution in [2.75, 3.05) is 6.61 Å². The van der Waals surface area contributed by atoms with E-state index in [0.717, 1.165) is 17.7 Å². The molecular formula is C19H29NO2. The van der Waals surface area contributed by atoms with Crippen LogP contribution in [0.4, 0.5) is 5.69 Å². The molecule has 0 aromatic heterocycles. The predicted octanol–water partition coefficient (Wildman–Crippen LogP) is 5.67. The maximum absolute atomic E-state index is 5.64. The molecule has 0 bridgehead atoms. The Kier molecular flexibility index (Phi) is 7.27. The smallest absolute Gasteiger partial charge is 0.389 e. The van der Waals surface area contributed by atoms with Crippen molar-refractivity contribution in [1.82, 2.24) is 0 Å². The van der Waals surface area contributed by atoms with Gasteiger partial charge in [-0.25, -0.2) is 0 Å². The second kappa shape index (κ2) is 9.50. The van der Waals surface area contributed by atoms with Gasteiger partial charge in [0, 0.05) is 5.56 Å². The molecule has 22 heavy (non-hydrogen) atoms. The highest BCUT2D eigenvalue weighted by Crippen LogP contribution is 2.25. The number of nitrogens with zero attached hydrogens (tertiary/aromatic N) is 1. The lowest BCUT2D eigenvalue weighted by molar-refractivity contribution is 0.151. The van der Waals surface area contributed by atoms with E-state index in [1.807, 2.05) is 6.07 Å². The number of rotatable bonds is 9. The highest BCUT2D eigenvalue weighted by atomic mass is 16.7. The molecule has 0 N–H and O–H groups in total. The van der Waals surface area contributed by atoms with Crippen molar-refractivity contribution in [3.05, 3.63) is 29.3 Å². The van der Waals surface area contributed by atoms with E-state index in [9.17, 15) is 0 Å². The fourth-order valence-corrected chi connectivity index (χ4v) is 2.68. The highest BCUT2D eigenvalue weighted by molar-refractivity contribution is 5.74. The van der Waals surface area contributed by atoms with Crippen molar-refractivity contribution in [2.45, 2.75) is 71.8 Å². The number of unbranched alkanes of at least 4 members (excludes halogenated alkanes) is 7. The second-order valence-electron chi connectivity index (χ2n) is 6.12. The Balaban J connectivity index is 1.59. The SMILES string of the molecule is CCCCCCCCCCOC1=Nc2ccc(C)cc2CO1. The number of fused-ring (bicyclic) bond motifs is 1. The first-order chi connectivity index (χ1) is 10.8. The largest absolute Gasteiger partial charge is 0.450 e. The van der Waals surface area contributed by atoms with E-state index in [1.54, 1.807) is 0 Å². The third kappa shape index (κ3) is 5.70. The molecule has 1 heterocycles. The normalized spacial score (nSPS) is 13.3. The Hall–Kier alpha value is -1.51. The summed E-state index contributed by atoms with van der Waals surface area (Å²) in [6.45, 7) is 5.60. The van der Waals surface area contributed by atoms with E-state index in [4.69, 9.17) is 9.47 Å². The van der Waals surface area contributed by atoms with E-state index in [0.29, 0.717) is 19.3 Å². The summed E-state index contributed by atoms with van der Waals surface area (Å²) in [7, 11) is 0. The molecule has 3 nitrogen and oxygen atoms in total. The van der Waals surface area contributed by atoms with Crippen LogP contribution in [-0.4, -0.2) is 12.7 Å². The Morgan fingerprint density at radius 1 is 1.05 bits per heavy atom. The van der Waals surface area contributed by atoms with Crippen molar-refractivity contribution < 1.29 is 9.47 Å². The Morgan fingerprint density at radius 3 is 2.55 bits per heavy atom. The molecule has 0 radical (unpaired) electrons. The zero-order valence-electron chi connectivity index (χ0n) is 14.1. The van der Waals surface area contributed by atoms with E-state index in [-0.39, 0.29) is 0 Å². The van der Waals surface area contributed by atoms with Crippen LogP contribution in [0, 0.1) is 6.92 Å². The molecule has 1 aromatic rings. The average molecular weight is 303 g/mol. The van der Waals surface area contributed by atoms with Gasteiger partial charge in [-0.2, -0.15) is 4.99 Å². The molecule has 3 heteroatoms. The summed E-state index contributed by atoms with van der Waals surface area (Å²) in [5.74, 6) is 0. The number of benzene rings is 1. The van der Waals surface area contributed by atoms with Gasteiger partial charge in [0.25, 0.3) is 0 Å². The molecule has 0 amide bonds. The zero-order valence-corrected chi connectivity index (χ0v) is 14.1. The van der Waals surface area contributed by atoms with Crippen LogP contribution in [0.2, 0.25) is 0 Å². The van der Waals surface area contributed by atoms with Gasteiger partial charge in [-0.05, 0) is 19.4 Å². The number of ether oxygens (including phenoxy) is 2. The van der Waals surface area contributed by atoms with Crippen LogP contribution in [0.3, 0.4) is 0 Å². The van der Waals surface area contributed by atoms with Gasteiger partial charge in [0.1, 0.15) is 6.61 Å². The Morgan fingerprint density at radius 2 is 1.77 bits per heavy atom. The fraction of sp³-hybridized carbons (Fsp3) is 0.632. The summed E-state index contributed by atoms with van der Waals surface area (Å²) in [5.41, 5.74) is 3.35. The Labute approximate surface area is 134 Å². The first kappa shape index (κ1) is 16.9. The maximum atomic E-state index is 5.64. The van der Waals surface area contributed by atoms with Crippen LogP contribution in [0.1, 0.15) is 69.4 Å². The molecule has 0 saturated heterocycles. The number of aliphatic imine (C=N–C) groups is 1. The van der Waals surface area contributed by atoms with Crippen LogP contribution in [0.25, 0.3) is 0 Å². The lowest BCUT2D eigenvalue weighted by atomic mass is 10.1. The van der Waals surface area contributed by atoms with Crippen LogP contribution in [0.5, 0.6) is 0 Å². The molecule has 2 rings (SSSR count). The summed E-state index contributed by atoms with van der Waals surface area (Å²) >= 11 is 0. The zero-order chi connectivity index (χ0) is 15.6. The third-order valence-corrected chi connectivity index (χ3v) is 4.02. The maximum Gasteiger partial charge on any atom is 0.389 e. The summed E-state index contributed by atoms with van der Waals surface area (Å²) in [6.07, 6.45) is 10.9. The number of aryl methyl sites for hydroxylation is 1. The topological polar surface area (TPSA) is 30.8 Å². The molecule has 122 valence electrons. The molecule has 0 saturated carbocycles. The van der Waals surface area contributed by atoms with Crippen LogP contribution in [-0.2, 0) is 16.1 Å². The summed E-state index contributed by atoms with van der Waals surface area (Å²) in [6, 6.07) is 6.23. The summed E-state index contributed by atoms with van der Waals surface area (Å²) in [4.78, 5) is 4.43. The third-order valence-electron chi connectivity index (χ3n) is 4.02. The quantitative estimate of drug-likeness (QED) is 0.550. The molecule has 0 spiro atoms. The van der Waals surface area contributed by atoms with E-state index in [2.05, 4.69) is 31.0 Å². The van der Waals surface area contributed by atoms with Gasteiger partial charge in [0.2, 0.25) is 0 Å². The molecule has 1 aromatic carbocycles. The minimum absolute atomic E-state index is 0.430. The molecular weight excluding hydrogens is 274 g/mol. The van der Waals surface area contributed by atoms with Gasteiger partial charge < -0.3 is 9.47 Å². The summed E-state index contributed by atoms with van der Waals surface area (Å²) < 4.78 is 11.2. The van der Waals surface area contributed by atoms with Crippen LogP contribution in [0.15, 0.2) is 23.2 Å². The van der Waals surface area contributed by atoms with Crippen molar-refractivity contribution in [3.8, 4) is 0 Å². The summed E-state index contributed by atoms with van der Waals surface area (Å²) in [5, 5.41) is 0. The molecule has 1 aliphatic rings. The lowest BCUT2D eigenvalue weighted by Gasteiger charge is -2.17. The monoisotopic (exact) mass is 303 g/mol. The Bertz CT molecular complexity index is 482. The van der Waals surface area contributed by atoms with Gasteiger partial charge in [-0.15, -0.1) is 0 Å². The van der Waals surface area contributed by atoms with Crippen molar-refractivity contribution >= 4 is 11.8 Å².